The Morgan fingerprint density at radius 2 is 1.91 bits per heavy atom. The number of benzene rings is 1. The van der Waals surface area contributed by atoms with Gasteiger partial charge in [-0.05, 0) is 42.7 Å². The second-order valence-corrected chi connectivity index (χ2v) is 5.76. The molecule has 0 atom stereocenters. The molecule has 1 amide bonds. The fourth-order valence-corrected chi connectivity index (χ4v) is 2.33. The predicted molar refractivity (Wildman–Crippen MR) is 86.9 cm³/mol. The number of aryl methyl sites for hydroxylation is 1. The summed E-state index contributed by atoms with van der Waals surface area (Å²) in [5.41, 5.74) is 1.02. The van der Waals surface area contributed by atoms with Crippen LogP contribution in [0.2, 0.25) is 10.0 Å². The fourth-order valence-electron chi connectivity index (χ4n) is 2.01. The Morgan fingerprint density at radius 1 is 1.13 bits per heavy atom. The van der Waals surface area contributed by atoms with Crippen molar-refractivity contribution in [2.75, 3.05) is 0 Å². The molecule has 23 heavy (non-hydrogen) atoms. The van der Waals surface area contributed by atoms with Crippen molar-refractivity contribution in [3.8, 4) is 0 Å². The molecule has 0 aliphatic rings. The Morgan fingerprint density at radius 3 is 2.57 bits per heavy atom. The Hall–Kier alpha value is -1.98. The van der Waals surface area contributed by atoms with Gasteiger partial charge in [-0.2, -0.15) is 0 Å². The Kier molecular flexibility index (Phi) is 6.07. The van der Waals surface area contributed by atoms with E-state index in [1.54, 1.807) is 12.1 Å². The van der Waals surface area contributed by atoms with Gasteiger partial charge in [-0.1, -0.05) is 29.3 Å². The molecule has 0 fully saturated rings. The van der Waals surface area contributed by atoms with Crippen molar-refractivity contribution in [3.63, 3.8) is 0 Å². The first kappa shape index (κ1) is 17.4. The van der Waals surface area contributed by atoms with Crippen LogP contribution in [0, 0.1) is 0 Å². The molecule has 1 aromatic carbocycles. The molecular weight excluding hydrogens is 341 g/mol. The zero-order valence-corrected chi connectivity index (χ0v) is 13.7. The number of rotatable bonds is 7. The van der Waals surface area contributed by atoms with Crippen molar-refractivity contribution in [3.05, 3.63) is 57.5 Å². The lowest BCUT2D eigenvalue weighted by atomic mass is 10.1. The minimum atomic E-state index is -1.13. The van der Waals surface area contributed by atoms with Crippen molar-refractivity contribution in [1.82, 2.24) is 5.32 Å². The number of halogens is 2. The number of carboxylic acid groups (broad SMARTS) is 1. The van der Waals surface area contributed by atoms with Crippen molar-refractivity contribution in [1.29, 1.82) is 0 Å². The molecular formula is C16H15Cl2NO4. The molecule has 1 aromatic heterocycles. The first-order chi connectivity index (χ1) is 11.0. The van der Waals surface area contributed by atoms with E-state index in [9.17, 15) is 9.59 Å². The number of aromatic carboxylic acids is 1. The lowest BCUT2D eigenvalue weighted by Crippen LogP contribution is -2.22. The van der Waals surface area contributed by atoms with E-state index in [1.165, 1.54) is 12.1 Å². The number of carbonyl (C=O) groups is 2. The number of carboxylic acids is 1. The monoisotopic (exact) mass is 355 g/mol. The van der Waals surface area contributed by atoms with E-state index in [0.717, 1.165) is 5.56 Å². The maximum absolute atomic E-state index is 11.8. The minimum absolute atomic E-state index is 0.127. The quantitative estimate of drug-likeness (QED) is 0.788. The van der Waals surface area contributed by atoms with E-state index in [4.69, 9.17) is 32.7 Å². The highest BCUT2D eigenvalue weighted by atomic mass is 35.5. The lowest BCUT2D eigenvalue weighted by molar-refractivity contribution is -0.121. The predicted octanol–water partition coefficient (Wildman–Crippen LogP) is 3.92. The van der Waals surface area contributed by atoms with E-state index in [1.807, 2.05) is 6.07 Å². The number of hydrogen-bond acceptors (Lipinski definition) is 3. The zero-order valence-electron chi connectivity index (χ0n) is 12.1. The average molecular weight is 356 g/mol. The van der Waals surface area contributed by atoms with Gasteiger partial charge >= 0.3 is 5.97 Å². The van der Waals surface area contributed by atoms with E-state index in [-0.39, 0.29) is 18.2 Å². The molecule has 0 spiro atoms. The Labute approximate surface area is 143 Å². The summed E-state index contributed by atoms with van der Waals surface area (Å²) < 4.78 is 5.05. The SMILES string of the molecule is O=C(CCCc1ccc(Cl)c(Cl)c1)NCc1ccc(C(=O)O)o1. The molecule has 0 unspecified atom stereocenters. The van der Waals surface area contributed by atoms with Crippen LogP contribution < -0.4 is 5.32 Å². The van der Waals surface area contributed by atoms with Crippen molar-refractivity contribution >= 4 is 35.1 Å². The maximum Gasteiger partial charge on any atom is 0.371 e. The van der Waals surface area contributed by atoms with E-state index in [0.29, 0.717) is 35.1 Å². The van der Waals surface area contributed by atoms with Gasteiger partial charge in [0, 0.05) is 6.42 Å². The normalized spacial score (nSPS) is 10.5. The van der Waals surface area contributed by atoms with Gasteiger partial charge < -0.3 is 14.8 Å². The molecule has 2 N–H and O–H groups in total. The number of nitrogens with one attached hydrogen (secondary N) is 1. The highest BCUT2D eigenvalue weighted by molar-refractivity contribution is 6.42. The first-order valence-electron chi connectivity index (χ1n) is 6.98. The van der Waals surface area contributed by atoms with Crippen LogP contribution in [0.4, 0.5) is 0 Å². The molecule has 0 saturated heterocycles. The highest BCUT2D eigenvalue weighted by Crippen LogP contribution is 2.23. The smallest absolute Gasteiger partial charge is 0.371 e. The largest absolute Gasteiger partial charge is 0.475 e. The number of amides is 1. The van der Waals surface area contributed by atoms with E-state index >= 15 is 0 Å². The van der Waals surface area contributed by atoms with Crippen molar-refractivity contribution in [2.45, 2.75) is 25.8 Å². The molecule has 7 heteroatoms. The summed E-state index contributed by atoms with van der Waals surface area (Å²) in [6.07, 6.45) is 1.74. The van der Waals surface area contributed by atoms with Crippen LogP contribution >= 0.6 is 23.2 Å². The molecule has 0 aliphatic carbocycles. The van der Waals surface area contributed by atoms with Crippen LogP contribution in [-0.4, -0.2) is 17.0 Å². The number of carbonyl (C=O) groups excluding carboxylic acids is 1. The van der Waals surface area contributed by atoms with Gasteiger partial charge in [-0.15, -0.1) is 0 Å². The number of furan rings is 1. The second kappa shape index (κ2) is 8.04. The zero-order chi connectivity index (χ0) is 16.8. The van der Waals surface area contributed by atoms with Crippen molar-refractivity contribution < 1.29 is 19.1 Å². The van der Waals surface area contributed by atoms with Crippen LogP contribution in [0.15, 0.2) is 34.7 Å². The molecule has 0 saturated carbocycles. The van der Waals surface area contributed by atoms with Crippen LogP contribution in [0.1, 0.15) is 34.7 Å². The summed E-state index contributed by atoms with van der Waals surface area (Å²) in [7, 11) is 0. The second-order valence-electron chi connectivity index (χ2n) is 4.95. The highest BCUT2D eigenvalue weighted by Gasteiger charge is 2.09. The van der Waals surface area contributed by atoms with Gasteiger partial charge in [-0.25, -0.2) is 4.79 Å². The summed E-state index contributed by atoms with van der Waals surface area (Å²) in [6, 6.07) is 8.28. The Balaban J connectivity index is 1.72. The third kappa shape index (κ3) is 5.30. The van der Waals surface area contributed by atoms with Gasteiger partial charge in [0.15, 0.2) is 0 Å². The molecule has 0 aliphatic heterocycles. The van der Waals surface area contributed by atoms with Crippen LogP contribution in [-0.2, 0) is 17.8 Å². The van der Waals surface area contributed by atoms with Crippen LogP contribution in [0.25, 0.3) is 0 Å². The van der Waals surface area contributed by atoms with Crippen molar-refractivity contribution in [2.24, 2.45) is 0 Å². The van der Waals surface area contributed by atoms with E-state index in [2.05, 4.69) is 5.32 Å². The fraction of sp³-hybridized carbons (Fsp3) is 0.250. The molecule has 2 rings (SSSR count). The third-order valence-electron chi connectivity index (χ3n) is 3.19. The first-order valence-corrected chi connectivity index (χ1v) is 7.74. The number of hydrogen-bond donors (Lipinski definition) is 2. The van der Waals surface area contributed by atoms with Gasteiger partial charge in [0.05, 0.1) is 16.6 Å². The average Bonchev–Trinajstić information content (AvgIpc) is 2.98. The third-order valence-corrected chi connectivity index (χ3v) is 3.92. The molecule has 5 nitrogen and oxygen atoms in total. The van der Waals surface area contributed by atoms with E-state index < -0.39 is 5.97 Å². The molecule has 1 heterocycles. The summed E-state index contributed by atoms with van der Waals surface area (Å²) in [6.45, 7) is 0.166. The standard InChI is InChI=1S/C16H15Cl2NO4/c17-12-6-4-10(8-13(12)18)2-1-3-15(20)19-9-11-5-7-14(23-11)16(21)22/h4-8H,1-3,9H2,(H,19,20)(H,21,22). The van der Waals surface area contributed by atoms with Crippen LogP contribution in [0.5, 0.6) is 0 Å². The summed E-state index contributed by atoms with van der Waals surface area (Å²) >= 11 is 11.8. The van der Waals surface area contributed by atoms with Gasteiger partial charge in [0.25, 0.3) is 0 Å². The minimum Gasteiger partial charge on any atom is -0.475 e. The summed E-state index contributed by atoms with van der Waals surface area (Å²) in [5, 5.41) is 12.4. The molecule has 122 valence electrons. The molecule has 0 radical (unpaired) electrons. The summed E-state index contributed by atoms with van der Waals surface area (Å²) in [4.78, 5) is 22.4. The topological polar surface area (TPSA) is 79.5 Å². The van der Waals surface area contributed by atoms with Crippen LogP contribution in [0.3, 0.4) is 0 Å². The summed E-state index contributed by atoms with van der Waals surface area (Å²) in [5.74, 6) is -1.00. The maximum atomic E-state index is 11.8. The molecule has 0 bridgehead atoms. The van der Waals surface area contributed by atoms with Gasteiger partial charge in [-0.3, -0.25) is 4.79 Å². The van der Waals surface area contributed by atoms with Gasteiger partial charge in [0.1, 0.15) is 5.76 Å². The molecule has 2 aromatic rings. The Bertz CT molecular complexity index is 712. The van der Waals surface area contributed by atoms with Gasteiger partial charge in [0.2, 0.25) is 11.7 Å². The lowest BCUT2D eigenvalue weighted by Gasteiger charge is -2.05.